The number of aromatic amines is 1. The molecule has 0 saturated heterocycles. The summed E-state index contributed by atoms with van der Waals surface area (Å²) in [6, 6.07) is 7.06. The lowest BCUT2D eigenvalue weighted by atomic mass is 9.95. The Bertz CT molecular complexity index is 1400. The predicted molar refractivity (Wildman–Crippen MR) is 131 cm³/mol. The Labute approximate surface area is 202 Å². The first-order valence-corrected chi connectivity index (χ1v) is 12.3. The molecule has 1 amide bonds. The van der Waals surface area contributed by atoms with Crippen LogP contribution in [0.3, 0.4) is 0 Å². The van der Waals surface area contributed by atoms with Crippen LogP contribution in [0.1, 0.15) is 73.6 Å². The number of hydrogen-bond acceptors (Lipinski definition) is 6. The second-order valence-corrected chi connectivity index (χ2v) is 9.58. The average molecular weight is 479 g/mol. The SMILES string of the molecule is CCCn1c(=O)[nH]c(=O)c2c(C(=O)N[C@H](c3ccc4c(c3)OCCO4)C(C)C)cc(C3CC3)nc21. The number of aryl methyl sites for hydroxylation is 1. The first kappa shape index (κ1) is 23.1. The lowest BCUT2D eigenvalue weighted by molar-refractivity contribution is 0.0926. The Balaban J connectivity index is 1.58. The molecule has 2 N–H and O–H groups in total. The fourth-order valence-corrected chi connectivity index (χ4v) is 4.60. The normalized spacial score (nSPS) is 15.9. The minimum atomic E-state index is -0.599. The van der Waals surface area contributed by atoms with Crippen molar-refractivity contribution in [2.45, 2.75) is 58.5 Å². The van der Waals surface area contributed by atoms with Crippen LogP contribution in [0.2, 0.25) is 0 Å². The largest absolute Gasteiger partial charge is 0.486 e. The van der Waals surface area contributed by atoms with Crippen molar-refractivity contribution in [3.63, 3.8) is 0 Å². The molecular formula is C26H30N4O5. The van der Waals surface area contributed by atoms with Gasteiger partial charge in [-0.25, -0.2) is 9.78 Å². The summed E-state index contributed by atoms with van der Waals surface area (Å²) >= 11 is 0. The standard InChI is InChI=1S/C26H30N4O5/c1-4-9-30-23-21(25(32)29-26(30)33)17(13-18(27-23)15-5-6-15)24(31)28-22(14(2)3)16-7-8-19-20(12-16)35-11-10-34-19/h7-8,12-15,22H,4-6,9-11H2,1-3H3,(H,28,31)(H,29,32,33)/t22-/m0/s1. The van der Waals surface area contributed by atoms with Crippen molar-refractivity contribution in [1.29, 1.82) is 0 Å². The topological polar surface area (TPSA) is 115 Å². The highest BCUT2D eigenvalue weighted by atomic mass is 16.6. The van der Waals surface area contributed by atoms with Crippen LogP contribution in [0.4, 0.5) is 0 Å². The maximum Gasteiger partial charge on any atom is 0.329 e. The first-order valence-electron chi connectivity index (χ1n) is 12.3. The fourth-order valence-electron chi connectivity index (χ4n) is 4.60. The van der Waals surface area contributed by atoms with Crippen LogP contribution in [0, 0.1) is 5.92 Å². The van der Waals surface area contributed by atoms with Gasteiger partial charge in [0.1, 0.15) is 13.2 Å². The molecule has 0 bridgehead atoms. The van der Waals surface area contributed by atoms with E-state index in [0.29, 0.717) is 37.7 Å². The van der Waals surface area contributed by atoms with E-state index in [-0.39, 0.29) is 40.4 Å². The predicted octanol–water partition coefficient (Wildman–Crippen LogP) is 3.27. The Morgan fingerprint density at radius 3 is 2.60 bits per heavy atom. The van der Waals surface area contributed by atoms with Crippen LogP contribution in [-0.2, 0) is 6.54 Å². The van der Waals surface area contributed by atoms with E-state index in [0.717, 1.165) is 24.1 Å². The zero-order valence-corrected chi connectivity index (χ0v) is 20.2. The molecule has 3 heterocycles. The minimum absolute atomic E-state index is 0.0640. The number of aromatic nitrogens is 3. The third kappa shape index (κ3) is 4.42. The number of nitrogens with zero attached hydrogens (tertiary/aromatic N) is 2. The van der Waals surface area contributed by atoms with E-state index in [4.69, 9.17) is 9.47 Å². The zero-order chi connectivity index (χ0) is 24.7. The summed E-state index contributed by atoms with van der Waals surface area (Å²) in [5.74, 6) is 1.27. The van der Waals surface area contributed by atoms with Gasteiger partial charge in [-0.15, -0.1) is 0 Å². The lowest BCUT2D eigenvalue weighted by Crippen LogP contribution is -2.35. The second-order valence-electron chi connectivity index (χ2n) is 9.58. The molecule has 1 aliphatic carbocycles. The molecule has 184 valence electrons. The monoisotopic (exact) mass is 478 g/mol. The number of amides is 1. The molecule has 1 aliphatic heterocycles. The number of carbonyl (C=O) groups excluding carboxylic acids is 1. The Morgan fingerprint density at radius 1 is 1.17 bits per heavy atom. The van der Waals surface area contributed by atoms with Gasteiger partial charge in [0.2, 0.25) is 0 Å². The Hall–Kier alpha value is -3.62. The Kier molecular flexibility index (Phi) is 6.08. The van der Waals surface area contributed by atoms with E-state index in [9.17, 15) is 14.4 Å². The molecule has 2 aromatic heterocycles. The molecule has 5 rings (SSSR count). The summed E-state index contributed by atoms with van der Waals surface area (Å²) in [4.78, 5) is 46.2. The molecule has 35 heavy (non-hydrogen) atoms. The van der Waals surface area contributed by atoms with Crippen molar-refractivity contribution >= 4 is 16.9 Å². The van der Waals surface area contributed by atoms with Crippen molar-refractivity contribution in [1.82, 2.24) is 19.9 Å². The van der Waals surface area contributed by atoms with Gasteiger partial charge in [0.05, 0.1) is 17.0 Å². The molecule has 1 saturated carbocycles. The molecule has 0 spiro atoms. The second kappa shape index (κ2) is 9.20. The third-order valence-corrected chi connectivity index (χ3v) is 6.53. The van der Waals surface area contributed by atoms with Crippen molar-refractivity contribution in [3.8, 4) is 11.5 Å². The van der Waals surface area contributed by atoms with Gasteiger partial charge in [0.25, 0.3) is 11.5 Å². The van der Waals surface area contributed by atoms with Crippen LogP contribution >= 0.6 is 0 Å². The highest BCUT2D eigenvalue weighted by Gasteiger charge is 2.30. The number of pyridine rings is 1. The van der Waals surface area contributed by atoms with E-state index in [1.807, 2.05) is 39.0 Å². The lowest BCUT2D eigenvalue weighted by Gasteiger charge is -2.26. The number of carbonyl (C=O) groups is 1. The highest BCUT2D eigenvalue weighted by molar-refractivity contribution is 6.05. The van der Waals surface area contributed by atoms with Crippen LogP contribution in [0.15, 0.2) is 33.9 Å². The van der Waals surface area contributed by atoms with E-state index in [2.05, 4.69) is 15.3 Å². The smallest absolute Gasteiger partial charge is 0.329 e. The number of ether oxygens (including phenoxy) is 2. The molecule has 9 nitrogen and oxygen atoms in total. The summed E-state index contributed by atoms with van der Waals surface area (Å²) in [5, 5.41) is 3.27. The number of rotatable bonds is 7. The van der Waals surface area contributed by atoms with Crippen molar-refractivity contribution in [3.05, 3.63) is 61.9 Å². The van der Waals surface area contributed by atoms with Gasteiger partial charge in [-0.2, -0.15) is 0 Å². The summed E-state index contributed by atoms with van der Waals surface area (Å²) in [7, 11) is 0. The molecule has 2 aliphatic rings. The fraction of sp³-hybridized carbons (Fsp3) is 0.462. The van der Waals surface area contributed by atoms with Crippen LogP contribution in [0.25, 0.3) is 11.0 Å². The number of fused-ring (bicyclic) bond motifs is 2. The molecular weight excluding hydrogens is 448 g/mol. The quantitative estimate of drug-likeness (QED) is 0.539. The van der Waals surface area contributed by atoms with E-state index in [1.54, 1.807) is 6.07 Å². The molecule has 9 heteroatoms. The van der Waals surface area contributed by atoms with Gasteiger partial charge in [-0.05, 0) is 48.9 Å². The van der Waals surface area contributed by atoms with Crippen LogP contribution < -0.4 is 26.0 Å². The Morgan fingerprint density at radius 2 is 1.91 bits per heavy atom. The van der Waals surface area contributed by atoms with Gasteiger partial charge in [0, 0.05) is 18.2 Å². The number of hydrogen-bond donors (Lipinski definition) is 2. The summed E-state index contributed by atoms with van der Waals surface area (Å²) in [6.45, 7) is 7.38. The van der Waals surface area contributed by atoms with Gasteiger partial charge in [0.15, 0.2) is 17.1 Å². The zero-order valence-electron chi connectivity index (χ0n) is 20.2. The summed E-state index contributed by atoms with van der Waals surface area (Å²) in [6.07, 6.45) is 2.65. The maximum absolute atomic E-state index is 13.7. The highest BCUT2D eigenvalue weighted by Crippen LogP contribution is 2.40. The number of H-pyrrole nitrogens is 1. The van der Waals surface area contributed by atoms with Gasteiger partial charge in [-0.3, -0.25) is 19.1 Å². The molecule has 0 unspecified atom stereocenters. The van der Waals surface area contributed by atoms with E-state index in [1.165, 1.54) is 4.57 Å². The summed E-state index contributed by atoms with van der Waals surface area (Å²) in [5.41, 5.74) is 1.04. The molecule has 1 aromatic carbocycles. The van der Waals surface area contributed by atoms with Gasteiger partial charge >= 0.3 is 5.69 Å². The number of benzene rings is 1. The van der Waals surface area contributed by atoms with Crippen molar-refractivity contribution in [2.75, 3.05) is 13.2 Å². The molecule has 0 radical (unpaired) electrons. The van der Waals surface area contributed by atoms with Crippen LogP contribution in [0.5, 0.6) is 11.5 Å². The summed E-state index contributed by atoms with van der Waals surface area (Å²) < 4.78 is 12.8. The minimum Gasteiger partial charge on any atom is -0.486 e. The van der Waals surface area contributed by atoms with Gasteiger partial charge in [-0.1, -0.05) is 26.8 Å². The van der Waals surface area contributed by atoms with E-state index >= 15 is 0 Å². The van der Waals surface area contributed by atoms with E-state index < -0.39 is 11.2 Å². The maximum atomic E-state index is 13.7. The first-order chi connectivity index (χ1) is 16.9. The van der Waals surface area contributed by atoms with Crippen molar-refractivity contribution in [2.24, 2.45) is 5.92 Å². The third-order valence-electron chi connectivity index (χ3n) is 6.53. The van der Waals surface area contributed by atoms with Crippen molar-refractivity contribution < 1.29 is 14.3 Å². The van der Waals surface area contributed by atoms with Gasteiger partial charge < -0.3 is 14.8 Å². The molecule has 1 fully saturated rings. The molecule has 3 aromatic rings. The average Bonchev–Trinajstić information content (AvgIpc) is 3.69. The molecule has 1 atom stereocenters. The number of nitrogens with one attached hydrogen (secondary N) is 2. The van der Waals surface area contributed by atoms with Crippen LogP contribution in [-0.4, -0.2) is 33.7 Å².